The van der Waals surface area contributed by atoms with Gasteiger partial charge >= 0.3 is 0 Å². The fourth-order valence-corrected chi connectivity index (χ4v) is 7.25. The molecule has 0 amide bonds. The molecule has 3 heteroatoms. The van der Waals surface area contributed by atoms with Gasteiger partial charge in [0.15, 0.2) is 0 Å². The van der Waals surface area contributed by atoms with Crippen molar-refractivity contribution < 1.29 is 0 Å². The number of nitrogens with zero attached hydrogens (tertiary/aromatic N) is 3. The van der Waals surface area contributed by atoms with Crippen molar-refractivity contribution >= 4 is 43.6 Å². The summed E-state index contributed by atoms with van der Waals surface area (Å²) in [7, 11) is 0. The molecular weight excluding hydrogens is 558 g/mol. The Bertz CT molecular complexity index is 2650. The third kappa shape index (κ3) is 3.84. The maximum absolute atomic E-state index is 9.76. The topological polar surface area (TPSA) is 33.6 Å². The molecule has 9 rings (SSSR count). The molecule has 9 aromatic rings. The molecule has 0 aliphatic rings. The number of aromatic nitrogens is 2. The van der Waals surface area contributed by atoms with Crippen molar-refractivity contribution in [3.63, 3.8) is 0 Å². The van der Waals surface area contributed by atoms with Crippen LogP contribution in [0.4, 0.5) is 0 Å². The molecule has 0 atom stereocenters. The molecule has 0 fully saturated rings. The Kier molecular flexibility index (Phi) is 5.88. The zero-order chi connectivity index (χ0) is 30.6. The molecule has 214 valence electrons. The minimum Gasteiger partial charge on any atom is -0.309 e. The maximum atomic E-state index is 9.76. The Balaban J connectivity index is 1.39. The van der Waals surface area contributed by atoms with Crippen LogP contribution in [0.2, 0.25) is 0 Å². The molecule has 46 heavy (non-hydrogen) atoms. The number of nitriles is 1. The average molecular weight is 586 g/mol. The van der Waals surface area contributed by atoms with Gasteiger partial charge in [-0.05, 0) is 53.6 Å². The van der Waals surface area contributed by atoms with E-state index in [2.05, 4.69) is 161 Å². The first-order valence-corrected chi connectivity index (χ1v) is 15.5. The van der Waals surface area contributed by atoms with Crippen molar-refractivity contribution in [2.24, 2.45) is 0 Å². The summed E-state index contributed by atoms with van der Waals surface area (Å²) < 4.78 is 4.72. The predicted octanol–water partition coefficient (Wildman–Crippen LogP) is 11.1. The van der Waals surface area contributed by atoms with Gasteiger partial charge in [-0.3, -0.25) is 0 Å². The van der Waals surface area contributed by atoms with E-state index >= 15 is 0 Å². The Labute approximate surface area is 266 Å². The fraction of sp³-hybridized carbons (Fsp3) is 0. The predicted molar refractivity (Wildman–Crippen MR) is 191 cm³/mol. The van der Waals surface area contributed by atoms with Gasteiger partial charge in [0.05, 0.1) is 33.7 Å². The van der Waals surface area contributed by atoms with Crippen LogP contribution in [0.1, 0.15) is 5.56 Å². The highest BCUT2D eigenvalue weighted by Gasteiger charge is 2.21. The molecule has 0 bridgehead atoms. The van der Waals surface area contributed by atoms with Crippen LogP contribution in [0.15, 0.2) is 164 Å². The van der Waals surface area contributed by atoms with Crippen molar-refractivity contribution in [3.8, 4) is 39.7 Å². The molecule has 0 radical (unpaired) electrons. The van der Waals surface area contributed by atoms with Crippen LogP contribution in [0.25, 0.3) is 77.2 Å². The summed E-state index contributed by atoms with van der Waals surface area (Å²) >= 11 is 0. The van der Waals surface area contributed by atoms with Crippen LogP contribution in [0.5, 0.6) is 0 Å². The van der Waals surface area contributed by atoms with Crippen LogP contribution in [0.3, 0.4) is 0 Å². The molecule has 0 aliphatic carbocycles. The summed E-state index contributed by atoms with van der Waals surface area (Å²) in [4.78, 5) is 0. The summed E-state index contributed by atoms with van der Waals surface area (Å²) in [5, 5.41) is 14.6. The average Bonchev–Trinajstić information content (AvgIpc) is 3.65. The Morgan fingerprint density at radius 3 is 1.39 bits per heavy atom. The van der Waals surface area contributed by atoms with E-state index in [0.717, 1.165) is 33.5 Å². The van der Waals surface area contributed by atoms with Crippen molar-refractivity contribution in [3.05, 3.63) is 169 Å². The van der Waals surface area contributed by atoms with Crippen LogP contribution in [-0.4, -0.2) is 9.13 Å². The summed E-state index contributed by atoms with van der Waals surface area (Å²) in [5.41, 5.74) is 12.0. The number of rotatable bonds is 4. The van der Waals surface area contributed by atoms with Gasteiger partial charge in [-0.2, -0.15) is 5.26 Å². The van der Waals surface area contributed by atoms with Crippen molar-refractivity contribution in [1.29, 1.82) is 5.26 Å². The SMILES string of the molecule is N#Cc1cccc(-n2c3ccccc3c3cccc(-c4ccccc4-c4cccc5c6ccccc6n(-c6ccccc6)c45)c32)c1. The lowest BCUT2D eigenvalue weighted by atomic mass is 9.92. The first-order valence-electron chi connectivity index (χ1n) is 15.5. The number of hydrogen-bond acceptors (Lipinski definition) is 1. The van der Waals surface area contributed by atoms with Gasteiger partial charge in [0.1, 0.15) is 0 Å². The normalized spacial score (nSPS) is 11.5. The first kappa shape index (κ1) is 26.1. The van der Waals surface area contributed by atoms with Crippen LogP contribution in [0, 0.1) is 11.3 Å². The molecule has 0 saturated heterocycles. The molecule has 7 aromatic carbocycles. The fourth-order valence-electron chi connectivity index (χ4n) is 7.25. The number of hydrogen-bond donors (Lipinski definition) is 0. The van der Waals surface area contributed by atoms with Crippen LogP contribution < -0.4 is 0 Å². The standard InChI is InChI=1S/C43H27N3/c44-28-29-13-10-16-31(27-29)46-41-26-9-7-20-35(41)39-24-12-22-37(43(39)46)33-18-5-4-17-32(33)36-21-11-23-38-34-19-6-8-25-40(34)45(42(36)38)30-14-2-1-3-15-30/h1-27H. The maximum Gasteiger partial charge on any atom is 0.0992 e. The first-order chi connectivity index (χ1) is 22.8. The van der Waals surface area contributed by atoms with Crippen molar-refractivity contribution in [2.45, 2.75) is 0 Å². The van der Waals surface area contributed by atoms with E-state index in [1.807, 2.05) is 18.2 Å². The van der Waals surface area contributed by atoms with Gasteiger partial charge in [0, 0.05) is 44.0 Å². The molecule has 2 aromatic heterocycles. The monoisotopic (exact) mass is 585 g/mol. The van der Waals surface area contributed by atoms with E-state index in [9.17, 15) is 5.26 Å². The lowest BCUT2D eigenvalue weighted by Gasteiger charge is -2.17. The van der Waals surface area contributed by atoms with Crippen molar-refractivity contribution in [1.82, 2.24) is 9.13 Å². The second-order valence-electron chi connectivity index (χ2n) is 11.7. The summed E-state index contributed by atoms with van der Waals surface area (Å²) in [5.74, 6) is 0. The molecule has 0 aliphatic heterocycles. The summed E-state index contributed by atoms with van der Waals surface area (Å²) in [6, 6.07) is 60.2. The molecule has 2 heterocycles. The Hall–Kier alpha value is -6.37. The molecule has 0 unspecified atom stereocenters. The van der Waals surface area contributed by atoms with Gasteiger partial charge in [0.2, 0.25) is 0 Å². The second-order valence-corrected chi connectivity index (χ2v) is 11.7. The third-order valence-corrected chi connectivity index (χ3v) is 9.14. The summed E-state index contributed by atoms with van der Waals surface area (Å²) in [6.07, 6.45) is 0. The second kappa shape index (κ2) is 10.4. The van der Waals surface area contributed by atoms with Gasteiger partial charge < -0.3 is 9.13 Å². The van der Waals surface area contributed by atoms with E-state index < -0.39 is 0 Å². The van der Waals surface area contributed by atoms with E-state index in [-0.39, 0.29) is 0 Å². The Morgan fingerprint density at radius 1 is 0.370 bits per heavy atom. The quantitative estimate of drug-likeness (QED) is 0.202. The van der Waals surface area contributed by atoms with Crippen LogP contribution >= 0.6 is 0 Å². The van der Waals surface area contributed by atoms with E-state index in [1.165, 1.54) is 43.7 Å². The molecular formula is C43H27N3. The van der Waals surface area contributed by atoms with Gasteiger partial charge in [-0.25, -0.2) is 0 Å². The van der Waals surface area contributed by atoms with E-state index in [4.69, 9.17) is 0 Å². The molecule has 0 saturated carbocycles. The minimum atomic E-state index is 0.640. The van der Waals surface area contributed by atoms with E-state index in [0.29, 0.717) is 5.56 Å². The van der Waals surface area contributed by atoms with Gasteiger partial charge in [-0.1, -0.05) is 121 Å². The molecule has 0 N–H and O–H groups in total. The minimum absolute atomic E-state index is 0.640. The zero-order valence-electron chi connectivity index (χ0n) is 24.9. The summed E-state index contributed by atoms with van der Waals surface area (Å²) in [6.45, 7) is 0. The lowest BCUT2D eigenvalue weighted by Crippen LogP contribution is -1.98. The smallest absolute Gasteiger partial charge is 0.0992 e. The molecule has 0 spiro atoms. The lowest BCUT2D eigenvalue weighted by molar-refractivity contribution is 1.18. The third-order valence-electron chi connectivity index (χ3n) is 9.14. The van der Waals surface area contributed by atoms with Gasteiger partial charge in [-0.15, -0.1) is 0 Å². The number of para-hydroxylation sites is 5. The molecule has 3 nitrogen and oxygen atoms in total. The van der Waals surface area contributed by atoms with E-state index in [1.54, 1.807) is 0 Å². The largest absolute Gasteiger partial charge is 0.309 e. The zero-order valence-corrected chi connectivity index (χ0v) is 24.9. The highest BCUT2D eigenvalue weighted by molar-refractivity contribution is 6.17. The highest BCUT2D eigenvalue weighted by atomic mass is 15.0. The number of fused-ring (bicyclic) bond motifs is 6. The van der Waals surface area contributed by atoms with Crippen molar-refractivity contribution in [2.75, 3.05) is 0 Å². The van der Waals surface area contributed by atoms with Gasteiger partial charge in [0.25, 0.3) is 0 Å². The Morgan fingerprint density at radius 2 is 0.804 bits per heavy atom. The number of benzene rings is 7. The highest BCUT2D eigenvalue weighted by Crippen LogP contribution is 2.44. The van der Waals surface area contributed by atoms with Crippen LogP contribution in [-0.2, 0) is 0 Å².